The van der Waals surface area contributed by atoms with E-state index in [4.69, 9.17) is 0 Å². The van der Waals surface area contributed by atoms with Crippen molar-refractivity contribution in [2.45, 2.75) is 13.1 Å². The Balaban J connectivity index is 2.29. The van der Waals surface area contributed by atoms with Gasteiger partial charge in [-0.05, 0) is 18.6 Å². The van der Waals surface area contributed by atoms with Crippen LogP contribution in [0.2, 0.25) is 0 Å². The molecule has 2 heterocycles. The molecule has 0 unspecified atom stereocenters. The smallest absolute Gasteiger partial charge is 0.345 e. The molecular formula is C9H9F3N4. The van der Waals surface area contributed by atoms with Crippen LogP contribution in [0.15, 0.2) is 18.3 Å². The molecule has 86 valence electrons. The Morgan fingerprint density at radius 2 is 2.12 bits per heavy atom. The van der Waals surface area contributed by atoms with Gasteiger partial charge in [-0.1, -0.05) is 6.07 Å². The number of pyridine rings is 1. The molecule has 0 aliphatic heterocycles. The van der Waals surface area contributed by atoms with E-state index in [1.165, 1.54) is 4.40 Å². The monoisotopic (exact) mass is 230 g/mol. The molecule has 0 fully saturated rings. The second kappa shape index (κ2) is 3.66. The SMILES string of the molecule is Cc1cccn2c(NCC(F)(F)F)nnc12. The standard InChI is InChI=1S/C9H9F3N4/c1-6-3-2-4-16-7(6)14-15-8(16)13-5-9(10,11)12/h2-4H,5H2,1H3,(H,13,15). The van der Waals surface area contributed by atoms with E-state index in [-0.39, 0.29) is 5.95 Å². The molecule has 0 atom stereocenters. The highest BCUT2D eigenvalue weighted by atomic mass is 19.4. The summed E-state index contributed by atoms with van der Waals surface area (Å²) in [5.41, 5.74) is 1.40. The summed E-state index contributed by atoms with van der Waals surface area (Å²) in [5, 5.41) is 9.66. The van der Waals surface area contributed by atoms with Crippen LogP contribution in [0.5, 0.6) is 0 Å². The van der Waals surface area contributed by atoms with E-state index >= 15 is 0 Å². The lowest BCUT2D eigenvalue weighted by Gasteiger charge is -2.07. The number of nitrogens with zero attached hydrogens (tertiary/aromatic N) is 3. The fraction of sp³-hybridized carbons (Fsp3) is 0.333. The van der Waals surface area contributed by atoms with Crippen LogP contribution >= 0.6 is 0 Å². The Bertz CT molecular complexity index is 503. The molecule has 2 aromatic heterocycles. The highest BCUT2D eigenvalue weighted by Gasteiger charge is 2.27. The summed E-state index contributed by atoms with van der Waals surface area (Å²) >= 11 is 0. The van der Waals surface area contributed by atoms with Gasteiger partial charge >= 0.3 is 6.18 Å². The van der Waals surface area contributed by atoms with Crippen LogP contribution in [0, 0.1) is 6.92 Å². The van der Waals surface area contributed by atoms with Gasteiger partial charge in [0.05, 0.1) is 0 Å². The van der Waals surface area contributed by atoms with Crippen molar-refractivity contribution in [1.82, 2.24) is 14.6 Å². The maximum atomic E-state index is 12.0. The predicted octanol–water partition coefficient (Wildman–Crippen LogP) is 2.01. The van der Waals surface area contributed by atoms with Crippen LogP contribution in [0.3, 0.4) is 0 Å². The average Bonchev–Trinajstić information content (AvgIpc) is 2.58. The number of hydrogen-bond acceptors (Lipinski definition) is 3. The third-order valence-corrected chi connectivity index (χ3v) is 2.08. The minimum atomic E-state index is -4.27. The number of alkyl halides is 3. The molecule has 2 aromatic rings. The molecule has 0 saturated carbocycles. The highest BCUT2D eigenvalue weighted by molar-refractivity contribution is 5.51. The molecule has 0 bridgehead atoms. The largest absolute Gasteiger partial charge is 0.405 e. The zero-order valence-corrected chi connectivity index (χ0v) is 8.41. The van der Waals surface area contributed by atoms with Crippen LogP contribution < -0.4 is 5.32 Å². The molecular weight excluding hydrogens is 221 g/mol. The van der Waals surface area contributed by atoms with Crippen molar-refractivity contribution in [3.05, 3.63) is 23.9 Å². The van der Waals surface area contributed by atoms with Crippen molar-refractivity contribution in [2.75, 3.05) is 11.9 Å². The Kier molecular flexibility index (Phi) is 2.45. The van der Waals surface area contributed by atoms with Crippen LogP contribution in [0.1, 0.15) is 5.56 Å². The molecule has 0 aliphatic carbocycles. The Morgan fingerprint density at radius 3 is 2.81 bits per heavy atom. The molecule has 2 rings (SSSR count). The van der Waals surface area contributed by atoms with Gasteiger partial charge in [0.25, 0.3) is 0 Å². The van der Waals surface area contributed by atoms with Crippen LogP contribution in [-0.4, -0.2) is 27.3 Å². The van der Waals surface area contributed by atoms with Crippen LogP contribution in [0.4, 0.5) is 19.1 Å². The lowest BCUT2D eigenvalue weighted by molar-refractivity contribution is -0.115. The fourth-order valence-electron chi connectivity index (χ4n) is 1.35. The average molecular weight is 230 g/mol. The minimum Gasteiger partial charge on any atom is -0.345 e. The quantitative estimate of drug-likeness (QED) is 0.858. The first-order valence-electron chi connectivity index (χ1n) is 4.58. The van der Waals surface area contributed by atoms with Crippen molar-refractivity contribution in [3.63, 3.8) is 0 Å². The van der Waals surface area contributed by atoms with Gasteiger partial charge in [0.1, 0.15) is 6.54 Å². The van der Waals surface area contributed by atoms with Gasteiger partial charge in [0.2, 0.25) is 5.95 Å². The topological polar surface area (TPSA) is 42.2 Å². The summed E-state index contributed by atoms with van der Waals surface area (Å²) in [6.07, 6.45) is -2.66. The number of fused-ring (bicyclic) bond motifs is 1. The zero-order valence-electron chi connectivity index (χ0n) is 8.41. The predicted molar refractivity (Wildman–Crippen MR) is 52.3 cm³/mol. The molecule has 4 nitrogen and oxygen atoms in total. The van der Waals surface area contributed by atoms with Crippen molar-refractivity contribution in [1.29, 1.82) is 0 Å². The van der Waals surface area contributed by atoms with E-state index in [1.54, 1.807) is 12.3 Å². The molecule has 0 spiro atoms. The molecule has 0 aromatic carbocycles. The second-order valence-corrected chi connectivity index (χ2v) is 3.38. The minimum absolute atomic E-state index is 0.0935. The summed E-state index contributed by atoms with van der Waals surface area (Å²) in [6.45, 7) is 0.694. The lowest BCUT2D eigenvalue weighted by atomic mass is 10.3. The third kappa shape index (κ3) is 2.07. The molecule has 0 saturated heterocycles. The molecule has 0 aliphatic rings. The maximum absolute atomic E-state index is 12.0. The summed E-state index contributed by atoms with van der Waals surface area (Å²) in [6, 6.07) is 3.54. The van der Waals surface area contributed by atoms with Gasteiger partial charge < -0.3 is 5.32 Å². The van der Waals surface area contributed by atoms with Gasteiger partial charge in [-0.2, -0.15) is 13.2 Å². The molecule has 0 amide bonds. The van der Waals surface area contributed by atoms with Crippen LogP contribution in [-0.2, 0) is 0 Å². The molecule has 0 radical (unpaired) electrons. The number of hydrogen-bond donors (Lipinski definition) is 1. The number of nitrogens with one attached hydrogen (secondary N) is 1. The van der Waals surface area contributed by atoms with E-state index in [0.717, 1.165) is 5.56 Å². The number of rotatable bonds is 2. The van der Waals surface area contributed by atoms with Gasteiger partial charge in [0, 0.05) is 6.20 Å². The van der Waals surface area contributed by atoms with Crippen molar-refractivity contribution >= 4 is 11.6 Å². The Labute approximate surface area is 89.1 Å². The highest BCUT2D eigenvalue weighted by Crippen LogP contribution is 2.17. The molecule has 1 N–H and O–H groups in total. The van der Waals surface area contributed by atoms with E-state index in [9.17, 15) is 13.2 Å². The van der Waals surface area contributed by atoms with Crippen LogP contribution in [0.25, 0.3) is 5.65 Å². The van der Waals surface area contributed by atoms with E-state index in [1.807, 2.05) is 13.0 Å². The second-order valence-electron chi connectivity index (χ2n) is 3.38. The van der Waals surface area contributed by atoms with Gasteiger partial charge in [-0.3, -0.25) is 4.40 Å². The van der Waals surface area contributed by atoms with Gasteiger partial charge in [-0.15, -0.1) is 10.2 Å². The maximum Gasteiger partial charge on any atom is 0.405 e. The first-order chi connectivity index (χ1) is 7.47. The van der Waals surface area contributed by atoms with Gasteiger partial charge in [-0.25, -0.2) is 0 Å². The summed E-state index contributed by atoms with van der Waals surface area (Å²) < 4.78 is 37.5. The number of anilines is 1. The first-order valence-corrected chi connectivity index (χ1v) is 4.58. The van der Waals surface area contributed by atoms with Crippen molar-refractivity contribution in [2.24, 2.45) is 0 Å². The fourth-order valence-corrected chi connectivity index (χ4v) is 1.35. The summed E-state index contributed by atoms with van der Waals surface area (Å²) in [5.74, 6) is 0.0935. The Hall–Kier alpha value is -1.79. The normalized spacial score (nSPS) is 12.0. The number of aromatic nitrogens is 3. The van der Waals surface area contributed by atoms with E-state index in [2.05, 4.69) is 15.5 Å². The van der Waals surface area contributed by atoms with Crippen molar-refractivity contribution in [3.8, 4) is 0 Å². The molecule has 7 heteroatoms. The van der Waals surface area contributed by atoms with E-state index < -0.39 is 12.7 Å². The third-order valence-electron chi connectivity index (χ3n) is 2.08. The van der Waals surface area contributed by atoms with E-state index in [0.29, 0.717) is 5.65 Å². The first kappa shape index (κ1) is 10.7. The number of halogens is 3. The summed E-state index contributed by atoms with van der Waals surface area (Å²) in [4.78, 5) is 0. The molecule has 16 heavy (non-hydrogen) atoms. The van der Waals surface area contributed by atoms with Crippen molar-refractivity contribution < 1.29 is 13.2 Å². The van der Waals surface area contributed by atoms with Gasteiger partial charge in [0.15, 0.2) is 5.65 Å². The number of aryl methyl sites for hydroxylation is 1. The lowest BCUT2D eigenvalue weighted by Crippen LogP contribution is -2.22. The Morgan fingerprint density at radius 1 is 1.38 bits per heavy atom. The zero-order chi connectivity index (χ0) is 11.8. The summed E-state index contributed by atoms with van der Waals surface area (Å²) in [7, 11) is 0.